The first-order valence-corrected chi connectivity index (χ1v) is 7.83. The van der Waals surface area contributed by atoms with Crippen LogP contribution < -0.4 is 11.3 Å². The maximum Gasteiger partial charge on any atom is 0.251 e. The van der Waals surface area contributed by atoms with Gasteiger partial charge in [-0.05, 0) is 32.0 Å². The highest BCUT2D eigenvalue weighted by Gasteiger charge is 2.45. The Kier molecular flexibility index (Phi) is 3.24. The minimum Gasteiger partial charge on any atom is -0.328 e. The third-order valence-electron chi connectivity index (χ3n) is 4.92. The fraction of sp³-hybridized carbons (Fsp3) is 0.500. The second kappa shape index (κ2) is 5.07. The normalized spacial score (nSPS) is 25.3. The number of alkyl halides is 1. The van der Waals surface area contributed by atoms with Gasteiger partial charge in [-0.2, -0.15) is 0 Å². The first-order chi connectivity index (χ1) is 11.0. The van der Waals surface area contributed by atoms with Crippen LogP contribution in [0.25, 0.3) is 11.0 Å². The summed E-state index contributed by atoms with van der Waals surface area (Å²) in [6.07, 6.45) is 2.65. The summed E-state index contributed by atoms with van der Waals surface area (Å²) in [6.45, 7) is 1.28. The van der Waals surface area contributed by atoms with Gasteiger partial charge in [0, 0.05) is 18.7 Å². The number of likely N-dealkylation sites (tertiary alicyclic amines) is 1. The maximum absolute atomic E-state index is 15.7. The van der Waals surface area contributed by atoms with E-state index in [1.807, 2.05) is 4.90 Å². The Labute approximate surface area is 131 Å². The van der Waals surface area contributed by atoms with Gasteiger partial charge in [0.25, 0.3) is 5.56 Å². The molecule has 0 amide bonds. The smallest absolute Gasteiger partial charge is 0.251 e. The molecule has 4 rings (SSSR count). The average Bonchev–Trinajstić information content (AvgIpc) is 2.83. The van der Waals surface area contributed by atoms with Crippen molar-refractivity contribution in [2.75, 3.05) is 19.6 Å². The molecule has 2 aliphatic heterocycles. The standard InChI is InChI=1S/C16H18F2N4O/c17-11-7-20-12-1-2-13(23)22-9-16(18,14(11)15(12)22)8-21-5-3-10(19)4-6-21/h1-2,7,10H,3-6,8-9,19H2/t16-/m0/s1. The zero-order valence-electron chi connectivity index (χ0n) is 12.6. The van der Waals surface area contributed by atoms with Crippen molar-refractivity contribution in [2.45, 2.75) is 31.1 Å². The number of hydrogen-bond acceptors (Lipinski definition) is 4. The topological polar surface area (TPSA) is 64.2 Å². The van der Waals surface area contributed by atoms with Crippen LogP contribution in [0.1, 0.15) is 18.4 Å². The second-order valence-corrected chi connectivity index (χ2v) is 6.55. The summed E-state index contributed by atoms with van der Waals surface area (Å²) in [6, 6.07) is 3.01. The highest BCUT2D eigenvalue weighted by molar-refractivity contribution is 5.81. The number of hydrogen-bond donors (Lipinski definition) is 1. The van der Waals surface area contributed by atoms with E-state index in [0.29, 0.717) is 18.6 Å². The number of rotatable bonds is 2. The average molecular weight is 320 g/mol. The van der Waals surface area contributed by atoms with Crippen LogP contribution in [-0.4, -0.2) is 40.1 Å². The summed E-state index contributed by atoms with van der Waals surface area (Å²) in [5, 5.41) is 0. The van der Waals surface area contributed by atoms with Crippen molar-refractivity contribution in [3.63, 3.8) is 0 Å². The van der Waals surface area contributed by atoms with Crippen molar-refractivity contribution < 1.29 is 8.78 Å². The van der Waals surface area contributed by atoms with E-state index in [1.54, 1.807) is 0 Å². The Bertz CT molecular complexity index is 829. The van der Waals surface area contributed by atoms with Crippen molar-refractivity contribution in [3.8, 4) is 0 Å². The van der Waals surface area contributed by atoms with Gasteiger partial charge in [-0.15, -0.1) is 0 Å². The Morgan fingerprint density at radius 2 is 2.09 bits per heavy atom. The predicted molar refractivity (Wildman–Crippen MR) is 82.4 cm³/mol. The van der Waals surface area contributed by atoms with E-state index < -0.39 is 11.5 Å². The molecule has 0 aliphatic carbocycles. The van der Waals surface area contributed by atoms with Gasteiger partial charge in [-0.25, -0.2) is 8.78 Å². The predicted octanol–water partition coefficient (Wildman–Crippen LogP) is 1.14. The molecule has 2 aliphatic rings. The molecule has 0 radical (unpaired) electrons. The summed E-state index contributed by atoms with van der Waals surface area (Å²) in [5.41, 5.74) is 4.33. The fourth-order valence-corrected chi connectivity index (χ4v) is 3.75. The molecule has 0 bridgehead atoms. The third-order valence-corrected chi connectivity index (χ3v) is 4.92. The molecule has 7 heteroatoms. The SMILES string of the molecule is NC1CCN(C[C@]2(F)Cn3c(=O)ccc4ncc(F)c2c43)CC1. The Hall–Kier alpha value is -1.86. The molecule has 122 valence electrons. The quantitative estimate of drug-likeness (QED) is 0.901. The Balaban J connectivity index is 1.77. The number of nitrogens with zero attached hydrogens (tertiary/aromatic N) is 3. The lowest BCUT2D eigenvalue weighted by Crippen LogP contribution is -2.46. The third kappa shape index (κ3) is 2.26. The van der Waals surface area contributed by atoms with Crippen LogP contribution >= 0.6 is 0 Å². The number of nitrogens with two attached hydrogens (primary N) is 1. The number of aromatic nitrogens is 2. The van der Waals surface area contributed by atoms with E-state index in [-0.39, 0.29) is 35.8 Å². The van der Waals surface area contributed by atoms with Crippen LogP contribution in [0.15, 0.2) is 23.1 Å². The van der Waals surface area contributed by atoms with Crippen LogP contribution in [0.3, 0.4) is 0 Å². The van der Waals surface area contributed by atoms with Gasteiger partial charge >= 0.3 is 0 Å². The molecule has 0 unspecified atom stereocenters. The Morgan fingerprint density at radius 3 is 2.83 bits per heavy atom. The molecule has 1 fully saturated rings. The first-order valence-electron chi connectivity index (χ1n) is 7.83. The van der Waals surface area contributed by atoms with Crippen LogP contribution in [0.5, 0.6) is 0 Å². The summed E-state index contributed by atoms with van der Waals surface area (Å²) < 4.78 is 31.3. The van der Waals surface area contributed by atoms with E-state index in [2.05, 4.69) is 4.98 Å². The van der Waals surface area contributed by atoms with Crippen molar-refractivity contribution in [1.29, 1.82) is 0 Å². The van der Waals surface area contributed by atoms with E-state index in [4.69, 9.17) is 5.73 Å². The van der Waals surface area contributed by atoms with E-state index in [9.17, 15) is 9.18 Å². The molecule has 2 aromatic rings. The Morgan fingerprint density at radius 1 is 1.35 bits per heavy atom. The summed E-state index contributed by atoms with van der Waals surface area (Å²) in [4.78, 5) is 18.0. The van der Waals surface area contributed by atoms with Gasteiger partial charge in [0.2, 0.25) is 0 Å². The first kappa shape index (κ1) is 14.7. The van der Waals surface area contributed by atoms with Gasteiger partial charge in [-0.3, -0.25) is 14.7 Å². The lowest BCUT2D eigenvalue weighted by Gasteiger charge is -2.34. The van der Waals surface area contributed by atoms with E-state index in [0.717, 1.165) is 19.0 Å². The monoisotopic (exact) mass is 320 g/mol. The molecule has 0 spiro atoms. The van der Waals surface area contributed by atoms with Gasteiger partial charge < -0.3 is 10.3 Å². The number of pyridine rings is 2. The van der Waals surface area contributed by atoms with Gasteiger partial charge in [0.15, 0.2) is 5.67 Å². The summed E-state index contributed by atoms with van der Waals surface area (Å²) in [5.74, 6) is -0.689. The summed E-state index contributed by atoms with van der Waals surface area (Å²) in [7, 11) is 0. The minimum absolute atomic E-state index is 0.0323. The minimum atomic E-state index is -1.92. The molecule has 23 heavy (non-hydrogen) atoms. The molecule has 0 saturated carbocycles. The van der Waals surface area contributed by atoms with Crippen molar-refractivity contribution in [2.24, 2.45) is 5.73 Å². The molecule has 1 atom stereocenters. The zero-order chi connectivity index (χ0) is 16.2. The molecule has 4 heterocycles. The maximum atomic E-state index is 15.7. The largest absolute Gasteiger partial charge is 0.328 e. The number of piperidine rings is 1. The highest BCUT2D eigenvalue weighted by atomic mass is 19.1. The van der Waals surface area contributed by atoms with Crippen molar-refractivity contribution in [3.05, 3.63) is 40.1 Å². The molecule has 2 N–H and O–H groups in total. The van der Waals surface area contributed by atoms with Gasteiger partial charge in [0.05, 0.1) is 29.3 Å². The zero-order valence-corrected chi connectivity index (χ0v) is 12.6. The second-order valence-electron chi connectivity index (χ2n) is 6.55. The molecular formula is C16H18F2N4O. The lowest BCUT2D eigenvalue weighted by molar-refractivity contribution is 0.0664. The molecular weight excluding hydrogens is 302 g/mol. The fourth-order valence-electron chi connectivity index (χ4n) is 3.75. The van der Waals surface area contributed by atoms with Crippen LogP contribution in [0.4, 0.5) is 8.78 Å². The molecule has 0 aromatic carbocycles. The molecule has 5 nitrogen and oxygen atoms in total. The summed E-state index contributed by atoms with van der Waals surface area (Å²) >= 11 is 0. The lowest BCUT2D eigenvalue weighted by atomic mass is 9.95. The van der Waals surface area contributed by atoms with E-state index >= 15 is 4.39 Å². The highest BCUT2D eigenvalue weighted by Crippen LogP contribution is 2.40. The van der Waals surface area contributed by atoms with Gasteiger partial charge in [-0.1, -0.05) is 0 Å². The van der Waals surface area contributed by atoms with Gasteiger partial charge in [0.1, 0.15) is 5.82 Å². The molecule has 2 aromatic heterocycles. The van der Waals surface area contributed by atoms with Crippen LogP contribution in [0.2, 0.25) is 0 Å². The number of halogens is 2. The molecule has 1 saturated heterocycles. The van der Waals surface area contributed by atoms with Crippen molar-refractivity contribution in [1.82, 2.24) is 14.5 Å². The van der Waals surface area contributed by atoms with Crippen LogP contribution in [-0.2, 0) is 12.2 Å². The van der Waals surface area contributed by atoms with Crippen molar-refractivity contribution >= 4 is 11.0 Å². The van der Waals surface area contributed by atoms with Crippen LogP contribution in [0, 0.1) is 5.82 Å². The van der Waals surface area contributed by atoms with E-state index in [1.165, 1.54) is 16.7 Å².